The molecule has 0 spiro atoms. The molecular formula is C15H14O2. The molecular weight excluding hydrogens is 212 g/mol. The highest BCUT2D eigenvalue weighted by atomic mass is 16.3. The van der Waals surface area contributed by atoms with Crippen molar-refractivity contribution in [3.05, 3.63) is 59.2 Å². The standard InChI is InChI=1S/C15H14O2/c1-11-2-4-12(5-3-11)6-7-13-8-14(16)10-15(17)9-13/h2-10,16-17H,1H3/b7-6-. The molecule has 2 nitrogen and oxygen atoms in total. The molecule has 0 aliphatic rings. The van der Waals surface area contributed by atoms with Crippen molar-refractivity contribution >= 4 is 12.2 Å². The van der Waals surface area contributed by atoms with E-state index in [2.05, 4.69) is 0 Å². The van der Waals surface area contributed by atoms with Crippen molar-refractivity contribution in [1.82, 2.24) is 0 Å². The van der Waals surface area contributed by atoms with Crippen molar-refractivity contribution in [2.75, 3.05) is 0 Å². The zero-order valence-corrected chi connectivity index (χ0v) is 9.59. The van der Waals surface area contributed by atoms with E-state index in [1.54, 1.807) is 12.1 Å². The molecule has 0 amide bonds. The highest BCUT2D eigenvalue weighted by Gasteiger charge is 1.95. The van der Waals surface area contributed by atoms with Crippen molar-refractivity contribution in [3.63, 3.8) is 0 Å². The Labute approximate surface area is 100 Å². The fraction of sp³-hybridized carbons (Fsp3) is 0.0667. The summed E-state index contributed by atoms with van der Waals surface area (Å²) < 4.78 is 0. The summed E-state index contributed by atoms with van der Waals surface area (Å²) in [5.41, 5.74) is 3.07. The van der Waals surface area contributed by atoms with Gasteiger partial charge in [0, 0.05) is 6.07 Å². The zero-order valence-electron chi connectivity index (χ0n) is 9.59. The topological polar surface area (TPSA) is 40.5 Å². The van der Waals surface area contributed by atoms with Gasteiger partial charge in [-0.15, -0.1) is 0 Å². The van der Waals surface area contributed by atoms with Crippen LogP contribution in [0, 0.1) is 6.92 Å². The maximum absolute atomic E-state index is 9.33. The van der Waals surface area contributed by atoms with E-state index in [-0.39, 0.29) is 11.5 Å². The molecule has 2 N–H and O–H groups in total. The molecule has 0 saturated heterocycles. The van der Waals surface area contributed by atoms with Gasteiger partial charge in [-0.05, 0) is 30.2 Å². The van der Waals surface area contributed by atoms with Gasteiger partial charge in [0.05, 0.1) is 0 Å². The van der Waals surface area contributed by atoms with Crippen molar-refractivity contribution < 1.29 is 10.2 Å². The van der Waals surface area contributed by atoms with Crippen molar-refractivity contribution in [1.29, 1.82) is 0 Å². The normalized spacial score (nSPS) is 10.9. The minimum Gasteiger partial charge on any atom is -0.508 e. The number of benzene rings is 2. The van der Waals surface area contributed by atoms with Gasteiger partial charge in [-0.1, -0.05) is 42.0 Å². The van der Waals surface area contributed by atoms with Gasteiger partial charge in [0.1, 0.15) is 11.5 Å². The Bertz CT molecular complexity index is 519. The lowest BCUT2D eigenvalue weighted by Crippen LogP contribution is -1.75. The van der Waals surface area contributed by atoms with E-state index in [0.717, 1.165) is 11.1 Å². The van der Waals surface area contributed by atoms with E-state index >= 15 is 0 Å². The van der Waals surface area contributed by atoms with Gasteiger partial charge in [-0.25, -0.2) is 0 Å². The van der Waals surface area contributed by atoms with Gasteiger partial charge < -0.3 is 10.2 Å². The van der Waals surface area contributed by atoms with Gasteiger partial charge in [0.15, 0.2) is 0 Å². The predicted molar refractivity (Wildman–Crippen MR) is 69.9 cm³/mol. The highest BCUT2D eigenvalue weighted by Crippen LogP contribution is 2.21. The number of phenolic OH excluding ortho intramolecular Hbond substituents is 2. The highest BCUT2D eigenvalue weighted by molar-refractivity contribution is 5.70. The molecule has 86 valence electrons. The summed E-state index contributed by atoms with van der Waals surface area (Å²) in [6, 6.07) is 12.6. The Morgan fingerprint density at radius 1 is 0.765 bits per heavy atom. The van der Waals surface area contributed by atoms with Gasteiger partial charge in [-0.3, -0.25) is 0 Å². The third kappa shape index (κ3) is 3.11. The van der Waals surface area contributed by atoms with Gasteiger partial charge in [0.25, 0.3) is 0 Å². The van der Waals surface area contributed by atoms with E-state index < -0.39 is 0 Å². The zero-order chi connectivity index (χ0) is 12.3. The van der Waals surface area contributed by atoms with Crippen LogP contribution >= 0.6 is 0 Å². The first-order valence-corrected chi connectivity index (χ1v) is 5.41. The van der Waals surface area contributed by atoms with Crippen LogP contribution in [0.4, 0.5) is 0 Å². The van der Waals surface area contributed by atoms with E-state index in [1.807, 2.05) is 43.3 Å². The molecule has 0 atom stereocenters. The Hall–Kier alpha value is -2.22. The van der Waals surface area contributed by atoms with E-state index in [4.69, 9.17) is 0 Å². The molecule has 2 heteroatoms. The Kier molecular flexibility index (Phi) is 3.15. The quantitative estimate of drug-likeness (QED) is 0.768. The largest absolute Gasteiger partial charge is 0.508 e. The average molecular weight is 226 g/mol. The summed E-state index contributed by atoms with van der Waals surface area (Å²) in [6.45, 7) is 2.04. The monoisotopic (exact) mass is 226 g/mol. The van der Waals surface area contributed by atoms with E-state index in [9.17, 15) is 10.2 Å². The van der Waals surface area contributed by atoms with Crippen LogP contribution in [0.5, 0.6) is 11.5 Å². The molecule has 2 aromatic carbocycles. The second-order valence-corrected chi connectivity index (χ2v) is 4.03. The first-order valence-electron chi connectivity index (χ1n) is 5.41. The lowest BCUT2D eigenvalue weighted by atomic mass is 10.1. The fourth-order valence-corrected chi connectivity index (χ4v) is 1.58. The summed E-state index contributed by atoms with van der Waals surface area (Å²) in [6.07, 6.45) is 3.79. The van der Waals surface area contributed by atoms with Crippen LogP contribution in [0.1, 0.15) is 16.7 Å². The molecule has 0 unspecified atom stereocenters. The van der Waals surface area contributed by atoms with Gasteiger partial charge in [-0.2, -0.15) is 0 Å². The molecule has 0 radical (unpaired) electrons. The Balaban J connectivity index is 2.22. The maximum atomic E-state index is 9.33. The molecule has 0 aliphatic heterocycles. The summed E-state index contributed by atoms with van der Waals surface area (Å²) in [4.78, 5) is 0. The van der Waals surface area contributed by atoms with Crippen LogP contribution in [0.3, 0.4) is 0 Å². The Morgan fingerprint density at radius 3 is 1.88 bits per heavy atom. The molecule has 0 aromatic heterocycles. The summed E-state index contributed by atoms with van der Waals surface area (Å²) in [7, 11) is 0. The fourth-order valence-electron chi connectivity index (χ4n) is 1.58. The van der Waals surface area contributed by atoms with Gasteiger partial charge in [0.2, 0.25) is 0 Å². The average Bonchev–Trinajstić information content (AvgIpc) is 2.27. The third-order valence-corrected chi connectivity index (χ3v) is 2.47. The van der Waals surface area contributed by atoms with Crippen LogP contribution in [-0.2, 0) is 0 Å². The van der Waals surface area contributed by atoms with Crippen molar-refractivity contribution in [2.24, 2.45) is 0 Å². The first kappa shape index (κ1) is 11.3. The number of aromatic hydroxyl groups is 2. The van der Waals surface area contributed by atoms with Crippen molar-refractivity contribution in [3.8, 4) is 11.5 Å². The lowest BCUT2D eigenvalue weighted by molar-refractivity contribution is 0.450. The minimum atomic E-state index is 0.0635. The van der Waals surface area contributed by atoms with E-state index in [0.29, 0.717) is 0 Å². The second-order valence-electron chi connectivity index (χ2n) is 4.03. The number of aryl methyl sites for hydroxylation is 1. The van der Waals surface area contributed by atoms with Crippen LogP contribution in [0.2, 0.25) is 0 Å². The third-order valence-electron chi connectivity index (χ3n) is 2.47. The van der Waals surface area contributed by atoms with Crippen LogP contribution in [0.25, 0.3) is 12.2 Å². The van der Waals surface area contributed by atoms with Crippen LogP contribution < -0.4 is 0 Å². The SMILES string of the molecule is Cc1ccc(/C=C\c2cc(O)cc(O)c2)cc1. The number of hydrogen-bond donors (Lipinski definition) is 2. The maximum Gasteiger partial charge on any atom is 0.119 e. The molecule has 0 saturated carbocycles. The molecule has 0 fully saturated rings. The smallest absolute Gasteiger partial charge is 0.119 e. The lowest BCUT2D eigenvalue weighted by Gasteiger charge is -1.98. The minimum absolute atomic E-state index is 0.0635. The molecule has 0 aliphatic carbocycles. The summed E-state index contributed by atoms with van der Waals surface area (Å²) in [5.74, 6) is 0.127. The predicted octanol–water partition coefficient (Wildman–Crippen LogP) is 3.58. The molecule has 0 bridgehead atoms. The van der Waals surface area contributed by atoms with Crippen LogP contribution in [-0.4, -0.2) is 10.2 Å². The van der Waals surface area contributed by atoms with Crippen molar-refractivity contribution in [2.45, 2.75) is 6.92 Å². The van der Waals surface area contributed by atoms with Gasteiger partial charge >= 0.3 is 0 Å². The number of rotatable bonds is 2. The summed E-state index contributed by atoms with van der Waals surface area (Å²) >= 11 is 0. The van der Waals surface area contributed by atoms with Crippen LogP contribution in [0.15, 0.2) is 42.5 Å². The van der Waals surface area contributed by atoms with E-state index in [1.165, 1.54) is 11.6 Å². The molecule has 0 heterocycles. The Morgan fingerprint density at radius 2 is 1.29 bits per heavy atom. The molecule has 2 rings (SSSR count). The second kappa shape index (κ2) is 4.74. The molecule has 17 heavy (non-hydrogen) atoms. The summed E-state index contributed by atoms with van der Waals surface area (Å²) in [5, 5.41) is 18.7. The number of hydrogen-bond acceptors (Lipinski definition) is 2. The number of phenols is 2. The molecule has 2 aromatic rings. The first-order chi connectivity index (χ1) is 8.13.